The molecule has 7 nitrogen and oxygen atoms in total. The number of benzene rings is 1. The van der Waals surface area contributed by atoms with Crippen molar-refractivity contribution < 1.29 is 28.3 Å². The summed E-state index contributed by atoms with van der Waals surface area (Å²) in [6, 6.07) is 7.18. The lowest BCUT2D eigenvalue weighted by Crippen LogP contribution is -2.46. The molecule has 0 aliphatic heterocycles. The third kappa shape index (κ3) is 3.53. The lowest BCUT2D eigenvalue weighted by molar-refractivity contribution is -0.145. The van der Waals surface area contributed by atoms with Gasteiger partial charge in [-0.3, -0.25) is 9.59 Å². The average molecular weight is 334 g/mol. The molecule has 24 heavy (non-hydrogen) atoms. The number of amides is 1. The van der Waals surface area contributed by atoms with E-state index in [1.165, 1.54) is 18.2 Å². The molecule has 2 aromatic rings. The monoisotopic (exact) mass is 334 g/mol. The molecular weight excluding hydrogens is 319 g/mol. The van der Waals surface area contributed by atoms with Gasteiger partial charge in [0.15, 0.2) is 23.0 Å². The van der Waals surface area contributed by atoms with Crippen molar-refractivity contribution in [1.82, 2.24) is 10.5 Å². The second kappa shape index (κ2) is 6.69. The maximum atomic E-state index is 13.4. The predicted molar refractivity (Wildman–Crippen MR) is 78.8 cm³/mol. The fourth-order valence-electron chi connectivity index (χ4n) is 2.40. The molecular formula is C16H15FN2O5. The minimum absolute atomic E-state index is 0.0638. The molecule has 3 rings (SSSR count). The summed E-state index contributed by atoms with van der Waals surface area (Å²) < 4.78 is 23.7. The highest BCUT2D eigenvalue weighted by atomic mass is 19.1. The molecule has 0 spiro atoms. The first-order chi connectivity index (χ1) is 11.5. The third-order valence-electron chi connectivity index (χ3n) is 3.82. The van der Waals surface area contributed by atoms with E-state index in [-0.39, 0.29) is 29.9 Å². The van der Waals surface area contributed by atoms with Gasteiger partial charge < -0.3 is 19.7 Å². The van der Waals surface area contributed by atoms with Gasteiger partial charge in [0.05, 0.1) is 5.92 Å². The summed E-state index contributed by atoms with van der Waals surface area (Å²) in [5, 5.41) is 15.1. The molecule has 1 aromatic carbocycles. The Morgan fingerprint density at radius 2 is 2.12 bits per heavy atom. The van der Waals surface area contributed by atoms with Crippen LogP contribution < -0.4 is 10.1 Å². The number of para-hydroxylation sites is 1. The van der Waals surface area contributed by atoms with Gasteiger partial charge in [-0.15, -0.1) is 0 Å². The van der Waals surface area contributed by atoms with Gasteiger partial charge in [-0.2, -0.15) is 0 Å². The largest absolute Gasteiger partial charge is 0.482 e. The van der Waals surface area contributed by atoms with E-state index in [0.717, 1.165) is 0 Å². The molecule has 0 radical (unpaired) electrons. The Kier molecular flexibility index (Phi) is 4.45. The minimum Gasteiger partial charge on any atom is -0.482 e. The predicted octanol–water partition coefficient (Wildman–Crippen LogP) is 1.99. The Bertz CT molecular complexity index is 754. The summed E-state index contributed by atoms with van der Waals surface area (Å²) in [7, 11) is 0. The van der Waals surface area contributed by atoms with Crippen LogP contribution in [-0.2, 0) is 11.4 Å². The van der Waals surface area contributed by atoms with Crippen molar-refractivity contribution in [2.75, 3.05) is 0 Å². The average Bonchev–Trinajstić information content (AvgIpc) is 2.98. The summed E-state index contributed by atoms with van der Waals surface area (Å²) in [6.45, 7) is -0.0638. The first kappa shape index (κ1) is 16.0. The van der Waals surface area contributed by atoms with Crippen molar-refractivity contribution in [2.45, 2.75) is 25.5 Å². The highest BCUT2D eigenvalue weighted by molar-refractivity contribution is 5.92. The van der Waals surface area contributed by atoms with E-state index in [9.17, 15) is 14.0 Å². The van der Waals surface area contributed by atoms with E-state index >= 15 is 0 Å². The Hall–Kier alpha value is -2.90. The van der Waals surface area contributed by atoms with Crippen LogP contribution in [0.4, 0.5) is 4.39 Å². The number of hydrogen-bond acceptors (Lipinski definition) is 5. The summed E-state index contributed by atoms with van der Waals surface area (Å²) in [4.78, 5) is 22.7. The maximum absolute atomic E-state index is 13.4. The highest BCUT2D eigenvalue weighted by Gasteiger charge is 2.35. The van der Waals surface area contributed by atoms with E-state index in [0.29, 0.717) is 12.8 Å². The van der Waals surface area contributed by atoms with Crippen LogP contribution in [0.3, 0.4) is 0 Å². The number of aromatic nitrogens is 1. The van der Waals surface area contributed by atoms with Gasteiger partial charge in [-0.1, -0.05) is 17.3 Å². The quantitative estimate of drug-likeness (QED) is 0.837. The molecule has 1 aromatic heterocycles. The van der Waals surface area contributed by atoms with Crippen LogP contribution in [-0.4, -0.2) is 28.2 Å². The van der Waals surface area contributed by atoms with Gasteiger partial charge >= 0.3 is 5.97 Å². The number of carboxylic acid groups (broad SMARTS) is 1. The first-order valence-corrected chi connectivity index (χ1v) is 7.39. The Balaban J connectivity index is 1.51. The molecule has 126 valence electrons. The number of halogens is 1. The van der Waals surface area contributed by atoms with Crippen LogP contribution >= 0.6 is 0 Å². The van der Waals surface area contributed by atoms with Crippen LogP contribution in [0.25, 0.3) is 0 Å². The fraction of sp³-hybridized carbons (Fsp3) is 0.312. The van der Waals surface area contributed by atoms with Gasteiger partial charge in [-0.25, -0.2) is 4.39 Å². The molecule has 1 fully saturated rings. The zero-order valence-electron chi connectivity index (χ0n) is 12.6. The molecule has 0 bridgehead atoms. The van der Waals surface area contributed by atoms with Crippen molar-refractivity contribution in [3.8, 4) is 5.75 Å². The van der Waals surface area contributed by atoms with E-state index < -0.39 is 23.6 Å². The number of carbonyl (C=O) groups excluding carboxylic acids is 1. The number of carbonyl (C=O) groups is 2. The van der Waals surface area contributed by atoms with Crippen molar-refractivity contribution in [2.24, 2.45) is 5.92 Å². The van der Waals surface area contributed by atoms with Gasteiger partial charge in [0.2, 0.25) is 0 Å². The second-order valence-electron chi connectivity index (χ2n) is 5.57. The molecule has 1 aliphatic rings. The smallest absolute Gasteiger partial charge is 0.306 e. The fourth-order valence-corrected chi connectivity index (χ4v) is 2.40. The van der Waals surface area contributed by atoms with Gasteiger partial charge in [0.1, 0.15) is 6.61 Å². The Morgan fingerprint density at radius 1 is 1.38 bits per heavy atom. The van der Waals surface area contributed by atoms with Crippen LogP contribution in [0.1, 0.15) is 29.1 Å². The van der Waals surface area contributed by atoms with E-state index in [1.807, 2.05) is 0 Å². The standard InChI is InChI=1S/C16H15FN2O5/c17-12-3-1-2-4-14(12)23-8-11-7-13(19-24-11)15(20)18-10-5-9(6-10)16(21)22/h1-4,7,9-10H,5-6,8H2,(H,18,20)(H,21,22). The zero-order chi connectivity index (χ0) is 17.1. The van der Waals surface area contributed by atoms with Gasteiger partial charge in [0, 0.05) is 12.1 Å². The highest BCUT2D eigenvalue weighted by Crippen LogP contribution is 2.27. The number of nitrogens with one attached hydrogen (secondary N) is 1. The number of carboxylic acids is 1. The normalized spacial score (nSPS) is 19.4. The molecule has 1 aliphatic carbocycles. The van der Waals surface area contributed by atoms with Crippen molar-refractivity contribution in [1.29, 1.82) is 0 Å². The molecule has 1 heterocycles. The van der Waals surface area contributed by atoms with E-state index in [1.54, 1.807) is 12.1 Å². The maximum Gasteiger partial charge on any atom is 0.306 e. The van der Waals surface area contributed by atoms with Crippen molar-refractivity contribution >= 4 is 11.9 Å². The molecule has 0 atom stereocenters. The van der Waals surface area contributed by atoms with Gasteiger partial charge in [-0.05, 0) is 25.0 Å². The van der Waals surface area contributed by atoms with Crippen LogP contribution in [0.5, 0.6) is 5.75 Å². The lowest BCUT2D eigenvalue weighted by Gasteiger charge is -2.32. The topological polar surface area (TPSA) is 102 Å². The first-order valence-electron chi connectivity index (χ1n) is 7.39. The number of rotatable bonds is 6. The van der Waals surface area contributed by atoms with E-state index in [4.69, 9.17) is 14.4 Å². The van der Waals surface area contributed by atoms with Crippen molar-refractivity contribution in [3.05, 3.63) is 47.6 Å². The number of nitrogens with zero attached hydrogens (tertiary/aromatic N) is 1. The molecule has 8 heteroatoms. The number of ether oxygens (including phenoxy) is 1. The van der Waals surface area contributed by atoms with Crippen molar-refractivity contribution in [3.63, 3.8) is 0 Å². The Labute approximate surface area is 136 Å². The second-order valence-corrected chi connectivity index (χ2v) is 5.57. The minimum atomic E-state index is -0.852. The summed E-state index contributed by atoms with van der Waals surface area (Å²) >= 11 is 0. The summed E-state index contributed by atoms with van der Waals surface area (Å²) in [5.41, 5.74) is 0.0703. The zero-order valence-corrected chi connectivity index (χ0v) is 12.6. The van der Waals surface area contributed by atoms with Crippen LogP contribution in [0.2, 0.25) is 0 Å². The van der Waals surface area contributed by atoms with Crippen LogP contribution in [0, 0.1) is 11.7 Å². The molecule has 2 N–H and O–H groups in total. The summed E-state index contributed by atoms with van der Waals surface area (Å²) in [5.74, 6) is -1.83. The lowest BCUT2D eigenvalue weighted by atomic mass is 9.80. The number of hydrogen-bond donors (Lipinski definition) is 2. The molecule has 0 saturated heterocycles. The molecule has 1 saturated carbocycles. The van der Waals surface area contributed by atoms with E-state index in [2.05, 4.69) is 10.5 Å². The Morgan fingerprint density at radius 3 is 2.83 bits per heavy atom. The third-order valence-corrected chi connectivity index (χ3v) is 3.82. The SMILES string of the molecule is O=C(NC1CC(C(=O)O)C1)c1cc(COc2ccccc2F)on1. The van der Waals surface area contributed by atoms with Crippen LogP contribution in [0.15, 0.2) is 34.9 Å². The molecule has 0 unspecified atom stereocenters. The number of aliphatic carboxylic acids is 1. The molecule has 1 amide bonds. The van der Waals surface area contributed by atoms with Gasteiger partial charge in [0.25, 0.3) is 5.91 Å². The summed E-state index contributed by atoms with van der Waals surface area (Å²) in [6.07, 6.45) is 0.810.